The minimum atomic E-state index is -0.741. The van der Waals surface area contributed by atoms with Gasteiger partial charge in [0.25, 0.3) is 0 Å². The van der Waals surface area contributed by atoms with E-state index in [-0.39, 0.29) is 6.61 Å². The molecule has 0 radical (unpaired) electrons. The van der Waals surface area contributed by atoms with Crippen molar-refractivity contribution in [2.45, 2.75) is 12.5 Å². The van der Waals surface area contributed by atoms with Crippen LogP contribution in [-0.4, -0.2) is 58.3 Å². The van der Waals surface area contributed by atoms with Crippen molar-refractivity contribution in [2.75, 3.05) is 31.2 Å². The van der Waals surface area contributed by atoms with E-state index in [4.69, 9.17) is 15.1 Å². The molecule has 1 aliphatic rings. The molecule has 0 saturated carbocycles. The highest BCUT2D eigenvalue weighted by molar-refractivity contribution is 9.10. The lowest BCUT2D eigenvalue weighted by Gasteiger charge is -2.31. The van der Waals surface area contributed by atoms with Gasteiger partial charge in [-0.15, -0.1) is 0 Å². The zero-order valence-electron chi connectivity index (χ0n) is 10.2. The summed E-state index contributed by atoms with van der Waals surface area (Å²) in [6, 6.07) is 0. The van der Waals surface area contributed by atoms with E-state index in [1.807, 2.05) is 4.90 Å². The Bertz CT molecular complexity index is 432. The summed E-state index contributed by atoms with van der Waals surface area (Å²) in [5.74, 6) is 0.665. The summed E-state index contributed by atoms with van der Waals surface area (Å²) in [6.07, 6.45) is 3.02. The summed E-state index contributed by atoms with van der Waals surface area (Å²) in [7, 11) is 0. The first-order chi connectivity index (χ1) is 9.19. The monoisotopic (exact) mass is 330 g/mol. The van der Waals surface area contributed by atoms with E-state index in [0.29, 0.717) is 32.1 Å². The topological polar surface area (TPSA) is 91.1 Å². The van der Waals surface area contributed by atoms with Crippen molar-refractivity contribution in [1.29, 1.82) is 0 Å². The fourth-order valence-electron chi connectivity index (χ4n) is 1.48. The molecular formula is C11H15BrN4O3. The molecule has 1 saturated heterocycles. The average Bonchev–Trinajstić information content (AvgIpc) is 2.37. The van der Waals surface area contributed by atoms with Crippen molar-refractivity contribution in [1.82, 2.24) is 9.97 Å². The minimum Gasteiger partial charge on any atom is -0.396 e. The van der Waals surface area contributed by atoms with Gasteiger partial charge >= 0.3 is 0 Å². The lowest BCUT2D eigenvalue weighted by Crippen LogP contribution is -2.48. The third-order valence-corrected chi connectivity index (χ3v) is 2.99. The smallest absolute Gasteiger partial charge is 0.226 e. The Kier molecular flexibility index (Phi) is 5.06. The van der Waals surface area contributed by atoms with Gasteiger partial charge in [-0.2, -0.15) is 0 Å². The van der Waals surface area contributed by atoms with E-state index in [1.165, 1.54) is 0 Å². The second-order valence-electron chi connectivity index (χ2n) is 4.17. The lowest BCUT2D eigenvalue weighted by molar-refractivity contribution is 0.0501. The highest BCUT2D eigenvalue weighted by Gasteiger charge is 2.24. The van der Waals surface area contributed by atoms with Gasteiger partial charge in [-0.05, 0) is 15.9 Å². The second kappa shape index (κ2) is 6.78. The number of rotatable bonds is 6. The molecule has 0 spiro atoms. The van der Waals surface area contributed by atoms with Crippen molar-refractivity contribution >= 4 is 27.6 Å². The van der Waals surface area contributed by atoms with Crippen LogP contribution >= 0.6 is 15.9 Å². The normalized spacial score (nSPS) is 15.9. The number of halogens is 1. The van der Waals surface area contributed by atoms with Crippen molar-refractivity contribution in [2.24, 2.45) is 5.16 Å². The highest BCUT2D eigenvalue weighted by Crippen LogP contribution is 2.15. The van der Waals surface area contributed by atoms with E-state index in [2.05, 4.69) is 31.1 Å². The predicted molar refractivity (Wildman–Crippen MR) is 73.0 cm³/mol. The molecule has 1 aliphatic heterocycles. The number of aromatic nitrogens is 2. The molecule has 1 atom stereocenters. The van der Waals surface area contributed by atoms with E-state index >= 15 is 0 Å². The van der Waals surface area contributed by atoms with Crippen LogP contribution in [0.15, 0.2) is 22.0 Å². The van der Waals surface area contributed by atoms with Crippen LogP contribution in [-0.2, 0) is 4.84 Å². The molecule has 2 rings (SSSR count). The zero-order chi connectivity index (χ0) is 13.7. The molecule has 0 amide bonds. The van der Waals surface area contributed by atoms with Gasteiger partial charge in [0.15, 0.2) is 0 Å². The molecule has 1 unspecified atom stereocenters. The first-order valence-corrected chi connectivity index (χ1v) is 6.67. The van der Waals surface area contributed by atoms with Crippen LogP contribution < -0.4 is 4.90 Å². The van der Waals surface area contributed by atoms with Crippen molar-refractivity contribution in [3.8, 4) is 0 Å². The Hall–Kier alpha value is -1.25. The number of aliphatic hydroxyl groups is 2. The molecule has 1 aromatic rings. The van der Waals surface area contributed by atoms with Gasteiger partial charge in [-0.25, -0.2) is 9.97 Å². The molecule has 7 nitrogen and oxygen atoms in total. The van der Waals surface area contributed by atoms with Crippen molar-refractivity contribution < 1.29 is 15.1 Å². The quantitative estimate of drug-likeness (QED) is 0.571. The summed E-state index contributed by atoms with van der Waals surface area (Å²) in [5, 5.41) is 21.7. The average molecular weight is 331 g/mol. The highest BCUT2D eigenvalue weighted by atomic mass is 79.9. The van der Waals surface area contributed by atoms with Crippen molar-refractivity contribution in [3.05, 3.63) is 16.9 Å². The van der Waals surface area contributed by atoms with Crippen LogP contribution in [0.4, 0.5) is 5.95 Å². The third-order valence-electron chi connectivity index (χ3n) is 2.58. The number of hydrogen-bond donors (Lipinski definition) is 2. The summed E-state index contributed by atoms with van der Waals surface area (Å²) in [4.78, 5) is 15.4. The molecule has 1 fully saturated rings. The fourth-order valence-corrected chi connectivity index (χ4v) is 1.68. The molecule has 2 N–H and O–H groups in total. The molecule has 2 heterocycles. The summed E-state index contributed by atoms with van der Waals surface area (Å²) >= 11 is 3.28. The van der Waals surface area contributed by atoms with Crippen LogP contribution in [0.2, 0.25) is 0 Å². The van der Waals surface area contributed by atoms with Gasteiger partial charge in [0.2, 0.25) is 5.95 Å². The van der Waals surface area contributed by atoms with Gasteiger partial charge < -0.3 is 20.0 Å². The van der Waals surface area contributed by atoms with Gasteiger partial charge in [0.1, 0.15) is 6.61 Å². The fraction of sp³-hybridized carbons (Fsp3) is 0.545. The summed E-state index contributed by atoms with van der Waals surface area (Å²) < 4.78 is 0.844. The minimum absolute atomic E-state index is 0.255. The molecule has 0 bridgehead atoms. The Labute approximate surface area is 119 Å². The lowest BCUT2D eigenvalue weighted by atomic mass is 10.2. The second-order valence-corrected chi connectivity index (χ2v) is 5.09. The third kappa shape index (κ3) is 4.12. The Morgan fingerprint density at radius 2 is 2.11 bits per heavy atom. The summed E-state index contributed by atoms with van der Waals surface area (Å²) in [5.41, 5.74) is 0.907. The van der Waals surface area contributed by atoms with E-state index in [1.54, 1.807) is 12.4 Å². The van der Waals surface area contributed by atoms with Gasteiger partial charge in [-0.3, -0.25) is 0 Å². The number of aliphatic hydroxyl groups excluding tert-OH is 2. The summed E-state index contributed by atoms with van der Waals surface area (Å²) in [6.45, 7) is 1.32. The maximum Gasteiger partial charge on any atom is 0.226 e. The van der Waals surface area contributed by atoms with Gasteiger partial charge in [0, 0.05) is 18.8 Å². The first kappa shape index (κ1) is 14.2. The van der Waals surface area contributed by atoms with Crippen LogP contribution in [0.1, 0.15) is 6.42 Å². The Morgan fingerprint density at radius 1 is 1.42 bits per heavy atom. The van der Waals surface area contributed by atoms with Crippen LogP contribution in [0.25, 0.3) is 0 Å². The van der Waals surface area contributed by atoms with E-state index in [9.17, 15) is 0 Å². The Balaban J connectivity index is 1.69. The standard InChI is InChI=1S/C11H15BrN4O3/c12-8-3-13-11(14-4-8)16-5-9(6-16)15-19-2-1-10(18)7-17/h3-4,10,17-18H,1-2,5-7H2. The number of hydrogen-bond acceptors (Lipinski definition) is 7. The van der Waals surface area contributed by atoms with E-state index < -0.39 is 6.10 Å². The first-order valence-electron chi connectivity index (χ1n) is 5.88. The van der Waals surface area contributed by atoms with E-state index in [0.717, 1.165) is 10.2 Å². The SMILES string of the molecule is OCC(O)CCON=C1CN(c2ncc(Br)cn2)C1. The molecule has 104 valence electrons. The largest absolute Gasteiger partial charge is 0.396 e. The number of oxime groups is 1. The Morgan fingerprint density at radius 3 is 2.74 bits per heavy atom. The zero-order valence-corrected chi connectivity index (χ0v) is 11.8. The molecule has 1 aromatic heterocycles. The van der Waals surface area contributed by atoms with Gasteiger partial charge in [0.05, 0.1) is 36.0 Å². The molecule has 0 aliphatic carbocycles. The van der Waals surface area contributed by atoms with Crippen LogP contribution in [0.5, 0.6) is 0 Å². The maximum atomic E-state index is 9.10. The predicted octanol–water partition coefficient (Wildman–Crippen LogP) is 0.175. The number of nitrogens with zero attached hydrogens (tertiary/aromatic N) is 4. The van der Waals surface area contributed by atoms with Gasteiger partial charge in [-0.1, -0.05) is 5.16 Å². The molecule has 0 aromatic carbocycles. The maximum absolute atomic E-state index is 9.10. The van der Waals surface area contributed by atoms with Crippen LogP contribution in [0, 0.1) is 0 Å². The molecule has 8 heteroatoms. The molecular weight excluding hydrogens is 316 g/mol. The number of anilines is 1. The molecule has 19 heavy (non-hydrogen) atoms. The van der Waals surface area contributed by atoms with Crippen LogP contribution in [0.3, 0.4) is 0 Å². The van der Waals surface area contributed by atoms with Crippen molar-refractivity contribution in [3.63, 3.8) is 0 Å².